The Hall–Kier alpha value is -4.19. The van der Waals surface area contributed by atoms with Crippen molar-refractivity contribution in [3.8, 4) is 23.0 Å². The topological polar surface area (TPSA) is 62.1 Å². The largest absolute Gasteiger partial charge is 0.473 e. The zero-order chi connectivity index (χ0) is 22.6. The van der Waals surface area contributed by atoms with E-state index in [1.165, 1.54) is 0 Å². The normalized spacial score (nSPS) is 11.0. The molecular weight excluding hydrogens is 412 g/mol. The van der Waals surface area contributed by atoms with E-state index in [1.54, 1.807) is 6.20 Å². The Morgan fingerprint density at radius 3 is 2.15 bits per heavy atom. The maximum Gasteiger partial charge on any atom is 0.226 e. The first kappa shape index (κ1) is 20.7. The van der Waals surface area contributed by atoms with Crippen molar-refractivity contribution in [1.82, 2.24) is 19.7 Å². The van der Waals surface area contributed by atoms with Crippen LogP contribution in [0.2, 0.25) is 0 Å². The minimum atomic E-state index is 0.397. The SMILES string of the molecule is Cc1nccc2c(-c3ccc(OCc4ccccc4)nc3OCc3ccccc3)nn(C)c12. The number of rotatable bonds is 7. The second-order valence-corrected chi connectivity index (χ2v) is 7.82. The van der Waals surface area contributed by atoms with Crippen molar-refractivity contribution in [1.29, 1.82) is 0 Å². The van der Waals surface area contributed by atoms with Crippen LogP contribution in [-0.4, -0.2) is 19.7 Å². The molecule has 5 aromatic rings. The fourth-order valence-corrected chi connectivity index (χ4v) is 3.86. The molecule has 6 nitrogen and oxygen atoms in total. The molecule has 0 unspecified atom stereocenters. The molecule has 0 N–H and O–H groups in total. The van der Waals surface area contributed by atoms with Crippen molar-refractivity contribution < 1.29 is 9.47 Å². The number of hydrogen-bond acceptors (Lipinski definition) is 5. The van der Waals surface area contributed by atoms with Crippen molar-refractivity contribution >= 4 is 10.9 Å². The molecule has 0 spiro atoms. The maximum absolute atomic E-state index is 6.20. The molecule has 0 atom stereocenters. The van der Waals surface area contributed by atoms with E-state index in [9.17, 15) is 0 Å². The third-order valence-electron chi connectivity index (χ3n) is 5.47. The minimum absolute atomic E-state index is 0.397. The molecule has 5 rings (SSSR count). The average molecular weight is 437 g/mol. The number of hydrogen-bond donors (Lipinski definition) is 0. The van der Waals surface area contributed by atoms with Gasteiger partial charge in [-0.1, -0.05) is 60.7 Å². The average Bonchev–Trinajstić information content (AvgIpc) is 3.20. The first-order valence-corrected chi connectivity index (χ1v) is 10.8. The minimum Gasteiger partial charge on any atom is -0.473 e. The summed E-state index contributed by atoms with van der Waals surface area (Å²) in [6.45, 7) is 2.82. The van der Waals surface area contributed by atoms with E-state index in [4.69, 9.17) is 19.6 Å². The van der Waals surface area contributed by atoms with E-state index in [-0.39, 0.29) is 0 Å². The van der Waals surface area contributed by atoms with Gasteiger partial charge in [0.25, 0.3) is 0 Å². The van der Waals surface area contributed by atoms with E-state index < -0.39 is 0 Å². The molecular formula is C27H24N4O2. The Morgan fingerprint density at radius 2 is 1.45 bits per heavy atom. The highest BCUT2D eigenvalue weighted by molar-refractivity contribution is 5.95. The second kappa shape index (κ2) is 9.12. The van der Waals surface area contributed by atoms with Crippen molar-refractivity contribution in [3.63, 3.8) is 0 Å². The monoisotopic (exact) mass is 436 g/mol. The van der Waals surface area contributed by atoms with Gasteiger partial charge in [-0.3, -0.25) is 9.67 Å². The van der Waals surface area contributed by atoms with Gasteiger partial charge in [-0.15, -0.1) is 0 Å². The number of aromatic nitrogens is 4. The number of pyridine rings is 2. The van der Waals surface area contributed by atoms with Gasteiger partial charge < -0.3 is 9.47 Å². The van der Waals surface area contributed by atoms with E-state index in [0.29, 0.717) is 25.0 Å². The molecule has 0 saturated heterocycles. The van der Waals surface area contributed by atoms with Crippen molar-refractivity contribution in [2.24, 2.45) is 7.05 Å². The highest BCUT2D eigenvalue weighted by Crippen LogP contribution is 2.35. The number of nitrogens with zero attached hydrogens (tertiary/aromatic N) is 4. The fraction of sp³-hybridized carbons (Fsp3) is 0.148. The Kier molecular flexibility index (Phi) is 5.72. The maximum atomic E-state index is 6.20. The molecule has 0 aliphatic carbocycles. The van der Waals surface area contributed by atoms with E-state index in [1.807, 2.05) is 97.5 Å². The standard InChI is InChI=1S/C27H24N4O2/c1-19-26-22(15-16-28-19)25(30-31(26)2)23-13-14-24(32-17-20-9-5-3-6-10-20)29-27(23)33-18-21-11-7-4-8-12-21/h3-16H,17-18H2,1-2H3. The lowest BCUT2D eigenvalue weighted by Crippen LogP contribution is -2.02. The third-order valence-corrected chi connectivity index (χ3v) is 5.47. The zero-order valence-corrected chi connectivity index (χ0v) is 18.6. The molecule has 33 heavy (non-hydrogen) atoms. The van der Waals surface area contributed by atoms with Crippen LogP contribution in [0.4, 0.5) is 0 Å². The molecule has 0 fully saturated rings. The molecule has 0 amide bonds. The molecule has 0 aliphatic rings. The Morgan fingerprint density at radius 1 is 0.788 bits per heavy atom. The van der Waals surface area contributed by atoms with Crippen LogP contribution in [0.15, 0.2) is 85.1 Å². The summed E-state index contributed by atoms with van der Waals surface area (Å²) in [7, 11) is 1.93. The van der Waals surface area contributed by atoms with Crippen LogP contribution in [0.5, 0.6) is 11.8 Å². The first-order chi connectivity index (χ1) is 16.2. The lowest BCUT2D eigenvalue weighted by molar-refractivity contribution is 0.268. The second-order valence-electron chi connectivity index (χ2n) is 7.82. The molecule has 6 heteroatoms. The van der Waals surface area contributed by atoms with Crippen LogP contribution in [0.1, 0.15) is 16.8 Å². The number of ether oxygens (including phenoxy) is 2. The van der Waals surface area contributed by atoms with Crippen LogP contribution < -0.4 is 9.47 Å². The van der Waals surface area contributed by atoms with E-state index >= 15 is 0 Å². The summed E-state index contributed by atoms with van der Waals surface area (Å²) in [5, 5.41) is 5.78. The van der Waals surface area contributed by atoms with Crippen molar-refractivity contribution in [2.45, 2.75) is 20.1 Å². The number of aryl methyl sites for hydroxylation is 2. The summed E-state index contributed by atoms with van der Waals surface area (Å²) in [5.41, 5.74) is 5.68. The lowest BCUT2D eigenvalue weighted by Gasteiger charge is -2.12. The molecule has 3 aromatic heterocycles. The molecule has 0 bridgehead atoms. The molecule has 164 valence electrons. The van der Waals surface area contributed by atoms with Gasteiger partial charge in [0.1, 0.15) is 18.9 Å². The van der Waals surface area contributed by atoms with Crippen LogP contribution in [0.3, 0.4) is 0 Å². The Labute approximate surface area is 192 Å². The molecule has 2 aromatic carbocycles. The highest BCUT2D eigenvalue weighted by Gasteiger charge is 2.19. The van der Waals surface area contributed by atoms with Crippen LogP contribution >= 0.6 is 0 Å². The van der Waals surface area contributed by atoms with Gasteiger partial charge in [-0.25, -0.2) is 0 Å². The highest BCUT2D eigenvalue weighted by atomic mass is 16.5. The van der Waals surface area contributed by atoms with Crippen LogP contribution in [-0.2, 0) is 20.3 Å². The van der Waals surface area contributed by atoms with Gasteiger partial charge in [-0.2, -0.15) is 10.1 Å². The van der Waals surface area contributed by atoms with Crippen molar-refractivity contribution in [3.05, 3.63) is 102 Å². The Bertz CT molecular complexity index is 1380. The Balaban J connectivity index is 1.51. The fourth-order valence-electron chi connectivity index (χ4n) is 3.86. The quantitative estimate of drug-likeness (QED) is 0.337. The summed E-state index contributed by atoms with van der Waals surface area (Å²) in [6.07, 6.45) is 1.80. The summed E-state index contributed by atoms with van der Waals surface area (Å²) in [6, 6.07) is 25.9. The number of fused-ring (bicyclic) bond motifs is 1. The molecule has 3 heterocycles. The van der Waals surface area contributed by atoms with Gasteiger partial charge in [0.2, 0.25) is 11.8 Å². The predicted octanol–water partition coefficient (Wildman–Crippen LogP) is 5.50. The summed E-state index contributed by atoms with van der Waals surface area (Å²) < 4.78 is 14.0. The van der Waals surface area contributed by atoms with E-state index in [2.05, 4.69) is 4.98 Å². The predicted molar refractivity (Wildman–Crippen MR) is 128 cm³/mol. The van der Waals surface area contributed by atoms with Crippen LogP contribution in [0.25, 0.3) is 22.2 Å². The summed E-state index contributed by atoms with van der Waals surface area (Å²) in [4.78, 5) is 9.12. The summed E-state index contributed by atoms with van der Waals surface area (Å²) >= 11 is 0. The lowest BCUT2D eigenvalue weighted by atomic mass is 10.1. The molecule has 0 saturated carbocycles. The molecule has 0 radical (unpaired) electrons. The molecule has 0 aliphatic heterocycles. The van der Waals surface area contributed by atoms with Gasteiger partial charge in [0.15, 0.2) is 0 Å². The van der Waals surface area contributed by atoms with Gasteiger partial charge in [-0.05, 0) is 30.2 Å². The van der Waals surface area contributed by atoms with Crippen LogP contribution in [0, 0.1) is 6.92 Å². The van der Waals surface area contributed by atoms with Gasteiger partial charge >= 0.3 is 0 Å². The smallest absolute Gasteiger partial charge is 0.226 e. The summed E-state index contributed by atoms with van der Waals surface area (Å²) in [5.74, 6) is 0.989. The first-order valence-electron chi connectivity index (χ1n) is 10.8. The van der Waals surface area contributed by atoms with Crippen molar-refractivity contribution in [2.75, 3.05) is 0 Å². The zero-order valence-electron chi connectivity index (χ0n) is 18.6. The van der Waals surface area contributed by atoms with E-state index in [0.717, 1.165) is 39.0 Å². The number of benzene rings is 2. The van der Waals surface area contributed by atoms with Gasteiger partial charge in [0.05, 0.1) is 16.8 Å². The third kappa shape index (κ3) is 4.41. The van der Waals surface area contributed by atoms with Gasteiger partial charge in [0, 0.05) is 24.7 Å².